The largest absolute Gasteiger partial charge is 0.386 e. The van der Waals surface area contributed by atoms with Gasteiger partial charge in [0.25, 0.3) is 0 Å². The van der Waals surface area contributed by atoms with Crippen molar-refractivity contribution in [3.8, 4) is 0 Å². The van der Waals surface area contributed by atoms with Gasteiger partial charge in [0, 0.05) is 6.61 Å². The normalized spacial score (nSPS) is 18.1. The minimum Gasteiger partial charge on any atom is -0.386 e. The summed E-state index contributed by atoms with van der Waals surface area (Å²) in [6.07, 6.45) is 4.79. The molecule has 2 heteroatoms. The molecule has 1 aromatic rings. The third-order valence-corrected chi connectivity index (χ3v) is 3.36. The van der Waals surface area contributed by atoms with Crippen molar-refractivity contribution in [2.75, 3.05) is 13.2 Å². The number of aliphatic hydroxyl groups is 1. The predicted octanol–water partition coefficient (Wildman–Crippen LogP) is 2.93. The molecule has 16 heavy (non-hydrogen) atoms. The van der Waals surface area contributed by atoms with Crippen molar-refractivity contribution in [2.24, 2.45) is 5.92 Å². The second kappa shape index (κ2) is 6.02. The molecule has 1 atom stereocenters. The van der Waals surface area contributed by atoms with Gasteiger partial charge in [-0.05, 0) is 17.9 Å². The maximum absolute atomic E-state index is 9.83. The lowest BCUT2D eigenvalue weighted by molar-refractivity contribution is 0.0266. The molecule has 0 spiro atoms. The van der Waals surface area contributed by atoms with Crippen LogP contribution in [0.15, 0.2) is 30.3 Å². The van der Waals surface area contributed by atoms with Gasteiger partial charge in [0.05, 0.1) is 6.61 Å². The summed E-state index contributed by atoms with van der Waals surface area (Å²) in [5.74, 6) is 0.883. The lowest BCUT2D eigenvalue weighted by Gasteiger charge is -2.25. The molecule has 0 heterocycles. The highest BCUT2D eigenvalue weighted by molar-refractivity contribution is 5.17. The lowest BCUT2D eigenvalue weighted by atomic mass is 9.83. The van der Waals surface area contributed by atoms with Gasteiger partial charge in [-0.2, -0.15) is 0 Å². The monoisotopic (exact) mass is 220 g/mol. The van der Waals surface area contributed by atoms with Gasteiger partial charge < -0.3 is 9.84 Å². The van der Waals surface area contributed by atoms with Crippen molar-refractivity contribution < 1.29 is 9.84 Å². The van der Waals surface area contributed by atoms with Crippen molar-refractivity contribution in [3.05, 3.63) is 35.9 Å². The Morgan fingerprint density at radius 2 is 2.00 bits per heavy atom. The molecule has 88 valence electrons. The van der Waals surface area contributed by atoms with E-state index in [4.69, 9.17) is 4.74 Å². The van der Waals surface area contributed by atoms with Gasteiger partial charge in [-0.15, -0.1) is 0 Å². The molecule has 2 rings (SSSR count). The smallest absolute Gasteiger partial charge is 0.102 e. The van der Waals surface area contributed by atoms with E-state index in [9.17, 15) is 5.11 Å². The van der Waals surface area contributed by atoms with Crippen molar-refractivity contribution in [3.63, 3.8) is 0 Å². The number of ether oxygens (including phenoxy) is 1. The standard InChI is InChI=1S/C14H20O2/c15-14(13-7-2-1-3-8-13)11-16-10-9-12-5-4-6-12/h1-3,7-8,12,14-15H,4-6,9-11H2. The first-order valence-corrected chi connectivity index (χ1v) is 6.17. The fraction of sp³-hybridized carbons (Fsp3) is 0.571. The summed E-state index contributed by atoms with van der Waals surface area (Å²) in [7, 11) is 0. The van der Waals surface area contributed by atoms with Crippen LogP contribution in [-0.4, -0.2) is 18.3 Å². The van der Waals surface area contributed by atoms with Crippen molar-refractivity contribution in [1.29, 1.82) is 0 Å². The minimum atomic E-state index is -0.484. The second-order valence-electron chi connectivity index (χ2n) is 4.59. The SMILES string of the molecule is OC(COCCC1CCC1)c1ccccc1. The summed E-state index contributed by atoms with van der Waals surface area (Å²) in [6.45, 7) is 1.20. The molecular weight excluding hydrogens is 200 g/mol. The van der Waals surface area contributed by atoms with E-state index in [0.29, 0.717) is 6.61 Å². The molecule has 1 aromatic carbocycles. The summed E-state index contributed by atoms with van der Waals surface area (Å²) in [5.41, 5.74) is 0.936. The first-order chi connectivity index (χ1) is 7.86. The highest BCUT2D eigenvalue weighted by atomic mass is 16.5. The molecule has 0 aromatic heterocycles. The number of aliphatic hydroxyl groups excluding tert-OH is 1. The number of rotatable bonds is 6. The molecule has 2 nitrogen and oxygen atoms in total. The van der Waals surface area contributed by atoms with E-state index in [2.05, 4.69) is 0 Å². The Bertz CT molecular complexity index is 293. The molecule has 1 fully saturated rings. The Balaban J connectivity index is 1.62. The molecule has 1 aliphatic carbocycles. The molecule has 1 aliphatic rings. The molecule has 0 bridgehead atoms. The summed E-state index contributed by atoms with van der Waals surface area (Å²) >= 11 is 0. The van der Waals surface area contributed by atoms with E-state index >= 15 is 0 Å². The van der Waals surface area contributed by atoms with Gasteiger partial charge in [0.1, 0.15) is 6.10 Å². The summed E-state index contributed by atoms with van der Waals surface area (Å²) in [5, 5.41) is 9.83. The van der Waals surface area contributed by atoms with Crippen LogP contribution in [0.2, 0.25) is 0 Å². The third-order valence-electron chi connectivity index (χ3n) is 3.36. The molecule has 0 radical (unpaired) electrons. The molecular formula is C14H20O2. The van der Waals surface area contributed by atoms with Crippen molar-refractivity contribution in [2.45, 2.75) is 31.8 Å². The Morgan fingerprint density at radius 1 is 1.25 bits per heavy atom. The van der Waals surface area contributed by atoms with Crippen molar-refractivity contribution in [1.82, 2.24) is 0 Å². The Kier molecular flexibility index (Phi) is 4.37. The fourth-order valence-corrected chi connectivity index (χ4v) is 2.00. The van der Waals surface area contributed by atoms with Gasteiger partial charge in [0.15, 0.2) is 0 Å². The van der Waals surface area contributed by atoms with E-state index in [1.54, 1.807) is 0 Å². The Hall–Kier alpha value is -0.860. The van der Waals surface area contributed by atoms with Gasteiger partial charge in [-0.1, -0.05) is 49.6 Å². The van der Waals surface area contributed by atoms with Crippen LogP contribution in [0.5, 0.6) is 0 Å². The van der Waals surface area contributed by atoms with Crippen LogP contribution in [0.3, 0.4) is 0 Å². The van der Waals surface area contributed by atoms with Crippen LogP contribution in [-0.2, 0) is 4.74 Å². The van der Waals surface area contributed by atoms with E-state index in [0.717, 1.165) is 24.5 Å². The quantitative estimate of drug-likeness (QED) is 0.747. The van der Waals surface area contributed by atoms with Crippen LogP contribution in [0.25, 0.3) is 0 Å². The van der Waals surface area contributed by atoms with Gasteiger partial charge in [-0.25, -0.2) is 0 Å². The fourth-order valence-electron chi connectivity index (χ4n) is 2.00. The Labute approximate surface area is 97.3 Å². The number of hydrogen-bond donors (Lipinski definition) is 1. The molecule has 0 saturated heterocycles. The van der Waals surface area contributed by atoms with Gasteiger partial charge in [-0.3, -0.25) is 0 Å². The molecule has 0 aliphatic heterocycles. The zero-order valence-electron chi connectivity index (χ0n) is 9.64. The Morgan fingerprint density at radius 3 is 2.62 bits per heavy atom. The first kappa shape index (κ1) is 11.6. The number of hydrogen-bond acceptors (Lipinski definition) is 2. The maximum Gasteiger partial charge on any atom is 0.102 e. The van der Waals surface area contributed by atoms with Gasteiger partial charge >= 0.3 is 0 Å². The predicted molar refractivity (Wildman–Crippen MR) is 64.2 cm³/mol. The molecule has 0 amide bonds. The third kappa shape index (κ3) is 3.32. The summed E-state index contributed by atoms with van der Waals surface area (Å²) < 4.78 is 5.51. The van der Waals surface area contributed by atoms with Crippen LogP contribution in [0.4, 0.5) is 0 Å². The minimum absolute atomic E-state index is 0.413. The van der Waals surface area contributed by atoms with E-state index < -0.39 is 6.10 Å². The molecule has 1 unspecified atom stereocenters. The zero-order valence-corrected chi connectivity index (χ0v) is 9.64. The van der Waals surface area contributed by atoms with E-state index in [1.807, 2.05) is 30.3 Å². The highest BCUT2D eigenvalue weighted by Gasteiger charge is 2.16. The topological polar surface area (TPSA) is 29.5 Å². The number of benzene rings is 1. The van der Waals surface area contributed by atoms with Crippen LogP contribution >= 0.6 is 0 Å². The van der Waals surface area contributed by atoms with Crippen molar-refractivity contribution >= 4 is 0 Å². The van der Waals surface area contributed by atoms with Crippen LogP contribution < -0.4 is 0 Å². The maximum atomic E-state index is 9.83. The van der Waals surface area contributed by atoms with E-state index in [1.165, 1.54) is 19.3 Å². The highest BCUT2D eigenvalue weighted by Crippen LogP contribution is 2.29. The van der Waals surface area contributed by atoms with Crippen LogP contribution in [0, 0.1) is 5.92 Å². The zero-order chi connectivity index (χ0) is 11.2. The molecule has 1 saturated carbocycles. The average Bonchev–Trinajstić information content (AvgIpc) is 2.27. The first-order valence-electron chi connectivity index (χ1n) is 6.17. The summed E-state index contributed by atoms with van der Waals surface area (Å²) in [4.78, 5) is 0. The second-order valence-corrected chi connectivity index (χ2v) is 4.59. The molecule has 1 N–H and O–H groups in total. The summed E-state index contributed by atoms with van der Waals surface area (Å²) in [6, 6.07) is 9.69. The average molecular weight is 220 g/mol. The van der Waals surface area contributed by atoms with Gasteiger partial charge in [0.2, 0.25) is 0 Å². The van der Waals surface area contributed by atoms with E-state index in [-0.39, 0.29) is 0 Å². The lowest BCUT2D eigenvalue weighted by Crippen LogP contribution is -2.15. The van der Waals surface area contributed by atoms with Crippen LogP contribution in [0.1, 0.15) is 37.4 Å².